The van der Waals surface area contributed by atoms with Crippen molar-refractivity contribution in [2.24, 2.45) is 11.8 Å². The molecular formula is C21H25FN2O3S. The van der Waals surface area contributed by atoms with Gasteiger partial charge in [0.15, 0.2) is 0 Å². The smallest absolute Gasteiger partial charge is 0.341 e. The highest BCUT2D eigenvalue weighted by Gasteiger charge is 2.25. The van der Waals surface area contributed by atoms with Crippen LogP contribution in [0.4, 0.5) is 9.39 Å². The first-order chi connectivity index (χ1) is 13.4. The number of ether oxygens (including phenoxy) is 1. The van der Waals surface area contributed by atoms with Crippen LogP contribution in [0.25, 0.3) is 11.1 Å². The molecule has 1 aliphatic heterocycles. The Morgan fingerprint density at radius 2 is 1.86 bits per heavy atom. The maximum atomic E-state index is 13.2. The van der Waals surface area contributed by atoms with E-state index in [9.17, 15) is 14.0 Å². The predicted molar refractivity (Wildman–Crippen MR) is 109 cm³/mol. The van der Waals surface area contributed by atoms with Gasteiger partial charge < -0.3 is 10.1 Å². The number of esters is 1. The Hall–Kier alpha value is -2.25. The van der Waals surface area contributed by atoms with Crippen molar-refractivity contribution in [1.82, 2.24) is 4.90 Å². The van der Waals surface area contributed by atoms with E-state index in [1.807, 2.05) is 0 Å². The third-order valence-corrected chi connectivity index (χ3v) is 5.80. The van der Waals surface area contributed by atoms with Gasteiger partial charge in [0.25, 0.3) is 0 Å². The van der Waals surface area contributed by atoms with E-state index in [4.69, 9.17) is 4.74 Å². The third kappa shape index (κ3) is 4.77. The molecule has 150 valence electrons. The van der Waals surface area contributed by atoms with Gasteiger partial charge >= 0.3 is 5.97 Å². The molecule has 1 aliphatic rings. The fourth-order valence-corrected chi connectivity index (χ4v) is 4.86. The average molecular weight is 405 g/mol. The van der Waals surface area contributed by atoms with Gasteiger partial charge in [-0.15, -0.1) is 11.3 Å². The number of hydrogen-bond donors (Lipinski definition) is 1. The maximum Gasteiger partial charge on any atom is 0.341 e. The van der Waals surface area contributed by atoms with Crippen LogP contribution in [0.2, 0.25) is 0 Å². The van der Waals surface area contributed by atoms with Crippen LogP contribution >= 0.6 is 11.3 Å². The van der Waals surface area contributed by atoms with Crippen LogP contribution in [-0.2, 0) is 9.53 Å². The summed E-state index contributed by atoms with van der Waals surface area (Å²) < 4.78 is 18.1. The van der Waals surface area contributed by atoms with Crippen molar-refractivity contribution in [2.75, 3.05) is 32.1 Å². The molecule has 0 radical (unpaired) electrons. The normalized spacial score (nSPS) is 20.0. The van der Waals surface area contributed by atoms with Gasteiger partial charge in [-0.1, -0.05) is 26.0 Å². The Bertz CT molecular complexity index is 840. The number of methoxy groups -OCH3 is 1. The number of benzene rings is 1. The van der Waals surface area contributed by atoms with E-state index in [1.165, 1.54) is 37.0 Å². The van der Waals surface area contributed by atoms with Crippen molar-refractivity contribution < 1.29 is 18.7 Å². The zero-order valence-electron chi connectivity index (χ0n) is 16.3. The van der Waals surface area contributed by atoms with Crippen LogP contribution in [0.3, 0.4) is 0 Å². The van der Waals surface area contributed by atoms with Gasteiger partial charge in [0.2, 0.25) is 5.91 Å². The number of hydrogen-bond acceptors (Lipinski definition) is 5. The predicted octanol–water partition coefficient (Wildman–Crippen LogP) is 4.26. The van der Waals surface area contributed by atoms with Gasteiger partial charge in [0, 0.05) is 24.0 Å². The number of nitrogens with zero attached hydrogens (tertiary/aromatic N) is 1. The summed E-state index contributed by atoms with van der Waals surface area (Å²) >= 11 is 1.27. The number of amides is 1. The molecule has 1 aromatic carbocycles. The summed E-state index contributed by atoms with van der Waals surface area (Å²) in [7, 11) is 1.30. The van der Waals surface area contributed by atoms with Crippen LogP contribution in [0.5, 0.6) is 0 Å². The number of likely N-dealkylation sites (tertiary alicyclic amines) is 1. The van der Waals surface area contributed by atoms with Crippen LogP contribution in [-0.4, -0.2) is 43.5 Å². The van der Waals surface area contributed by atoms with Crippen molar-refractivity contribution in [2.45, 2.75) is 20.3 Å². The molecule has 2 atom stereocenters. The van der Waals surface area contributed by atoms with E-state index < -0.39 is 5.97 Å². The van der Waals surface area contributed by atoms with Crippen molar-refractivity contribution in [3.8, 4) is 11.1 Å². The van der Waals surface area contributed by atoms with Crippen LogP contribution in [0.1, 0.15) is 30.6 Å². The molecule has 2 aromatic rings. The first-order valence-electron chi connectivity index (χ1n) is 9.35. The topological polar surface area (TPSA) is 58.6 Å². The highest BCUT2D eigenvalue weighted by Crippen LogP contribution is 2.36. The number of carbonyl (C=O) groups is 2. The summed E-state index contributed by atoms with van der Waals surface area (Å²) in [6, 6.07) is 5.88. The highest BCUT2D eigenvalue weighted by molar-refractivity contribution is 7.15. The second-order valence-corrected chi connectivity index (χ2v) is 8.42. The lowest BCUT2D eigenvalue weighted by atomic mass is 9.92. The molecule has 1 fully saturated rings. The quantitative estimate of drug-likeness (QED) is 0.757. The second-order valence-electron chi connectivity index (χ2n) is 7.54. The van der Waals surface area contributed by atoms with E-state index in [2.05, 4.69) is 24.1 Å². The summed E-state index contributed by atoms with van der Waals surface area (Å²) in [6.07, 6.45) is 1.18. The number of anilines is 1. The summed E-state index contributed by atoms with van der Waals surface area (Å²) in [5.74, 6) is 0.0927. The molecule has 0 aliphatic carbocycles. The molecular weight excluding hydrogens is 379 g/mol. The number of rotatable bonds is 5. The summed E-state index contributed by atoms with van der Waals surface area (Å²) in [4.78, 5) is 27.1. The SMILES string of the molecule is COC(=O)c1c(-c2ccc(F)cc2)csc1NC(=O)CN1C[C@@H](C)C[C@H](C)C1. The zero-order chi connectivity index (χ0) is 20.3. The number of nitrogens with one attached hydrogen (secondary N) is 1. The van der Waals surface area contributed by atoms with E-state index in [-0.39, 0.29) is 11.7 Å². The van der Waals surface area contributed by atoms with Gasteiger partial charge in [0.1, 0.15) is 16.4 Å². The molecule has 0 unspecified atom stereocenters. The lowest BCUT2D eigenvalue weighted by Gasteiger charge is -2.34. The molecule has 1 saturated heterocycles. The minimum atomic E-state index is -0.531. The first kappa shape index (κ1) is 20.5. The van der Waals surface area contributed by atoms with Crippen molar-refractivity contribution in [1.29, 1.82) is 0 Å². The zero-order valence-corrected chi connectivity index (χ0v) is 17.1. The molecule has 0 saturated carbocycles. The van der Waals surface area contributed by atoms with Crippen LogP contribution < -0.4 is 5.32 Å². The summed E-state index contributed by atoms with van der Waals surface area (Å²) in [5.41, 5.74) is 1.61. The Morgan fingerprint density at radius 3 is 2.46 bits per heavy atom. The first-order valence-corrected chi connectivity index (χ1v) is 10.2. The standard InChI is InChI=1S/C21H25FN2O3S/c1-13-8-14(2)10-24(9-13)11-18(25)23-20-19(21(26)27-3)17(12-28-20)15-4-6-16(22)7-5-15/h4-7,12-14H,8-11H2,1-3H3,(H,23,25)/t13-,14-/m0/s1. The fourth-order valence-electron chi connectivity index (χ4n) is 3.89. The number of thiophene rings is 1. The van der Waals surface area contributed by atoms with Gasteiger partial charge in [-0.2, -0.15) is 0 Å². The number of piperidine rings is 1. The minimum Gasteiger partial charge on any atom is -0.465 e. The second kappa shape index (κ2) is 8.84. The van der Waals surface area contributed by atoms with E-state index >= 15 is 0 Å². The molecule has 28 heavy (non-hydrogen) atoms. The van der Waals surface area contributed by atoms with Gasteiger partial charge in [-0.05, 0) is 36.0 Å². The van der Waals surface area contributed by atoms with E-state index in [0.29, 0.717) is 40.1 Å². The van der Waals surface area contributed by atoms with Crippen molar-refractivity contribution >= 4 is 28.2 Å². The minimum absolute atomic E-state index is 0.154. The van der Waals surface area contributed by atoms with Crippen molar-refractivity contribution in [3.05, 3.63) is 41.0 Å². The molecule has 7 heteroatoms. The largest absolute Gasteiger partial charge is 0.465 e. The molecule has 2 heterocycles. The summed E-state index contributed by atoms with van der Waals surface area (Å²) in [6.45, 7) is 6.48. The molecule has 0 bridgehead atoms. The fraction of sp³-hybridized carbons (Fsp3) is 0.429. The van der Waals surface area contributed by atoms with E-state index in [0.717, 1.165) is 13.1 Å². The van der Waals surface area contributed by atoms with Gasteiger partial charge in [-0.3, -0.25) is 9.69 Å². The molecule has 5 nitrogen and oxygen atoms in total. The molecule has 0 spiro atoms. The summed E-state index contributed by atoms with van der Waals surface area (Å²) in [5, 5.41) is 5.10. The number of carbonyl (C=O) groups excluding carboxylic acids is 2. The Kier molecular flexibility index (Phi) is 6.46. The number of halogens is 1. The maximum absolute atomic E-state index is 13.2. The van der Waals surface area contributed by atoms with Gasteiger partial charge in [0.05, 0.1) is 13.7 Å². The monoisotopic (exact) mass is 404 g/mol. The molecule has 1 aromatic heterocycles. The van der Waals surface area contributed by atoms with Crippen LogP contribution in [0.15, 0.2) is 29.6 Å². The Balaban J connectivity index is 1.78. The molecule has 1 N–H and O–H groups in total. The lowest BCUT2D eigenvalue weighted by molar-refractivity contribution is -0.117. The van der Waals surface area contributed by atoms with E-state index in [1.54, 1.807) is 17.5 Å². The lowest BCUT2D eigenvalue weighted by Crippen LogP contribution is -2.42. The third-order valence-electron chi connectivity index (χ3n) is 4.90. The molecule has 3 rings (SSSR count). The molecule has 1 amide bonds. The van der Waals surface area contributed by atoms with Gasteiger partial charge in [-0.25, -0.2) is 9.18 Å². The van der Waals surface area contributed by atoms with Crippen molar-refractivity contribution in [3.63, 3.8) is 0 Å². The average Bonchev–Trinajstić information content (AvgIpc) is 3.04. The van der Waals surface area contributed by atoms with Crippen LogP contribution in [0, 0.1) is 17.7 Å². The Labute approximate surface area is 168 Å². The Morgan fingerprint density at radius 1 is 1.21 bits per heavy atom. The highest BCUT2D eigenvalue weighted by atomic mass is 32.1.